The van der Waals surface area contributed by atoms with Gasteiger partial charge in [0.15, 0.2) is 6.67 Å². The van der Waals surface area contributed by atoms with Gasteiger partial charge < -0.3 is 75.7 Å². The summed E-state index contributed by atoms with van der Waals surface area (Å²) in [5.74, 6) is 2.11. The Balaban J connectivity index is -0.000000269. The third-order valence-corrected chi connectivity index (χ3v) is 24.2. The first-order valence-electron chi connectivity index (χ1n) is 51.7. The van der Waals surface area contributed by atoms with Crippen LogP contribution in [0.4, 0.5) is 9.59 Å². The quantitative estimate of drug-likeness (QED) is 0.0307. The van der Waals surface area contributed by atoms with Crippen molar-refractivity contribution >= 4 is 39.7 Å². The SMILES string of the molecule is CC(C)(C)CC(O)CC1=NCN=N1.CC(C)(C)CC(O)CNS(=O)(=O)C1CC1.CC(C)(C)OC(=O)N1CCC(C(C)(C)C)CC1.CC1CN(C(=O)CCCC(C)(C)C)CC1O.CCC(C)(CO)CC(=O)CCCC(C)(C)C.CCC(O)C(O)C(O)CC(C)(C)C.CCC(O)CC(C)(C)C.CCC(O)CC(C)(C)C.CCC(O)CC(C)(C)C.CCCC(C)(C)C.COC(=O)NCCC(C)(C)C. The minimum Gasteiger partial charge on any atom is -0.453 e. The Kier molecular flexibility index (Phi) is 73.5. The van der Waals surface area contributed by atoms with Crippen molar-refractivity contribution < 1.29 is 88.1 Å². The summed E-state index contributed by atoms with van der Waals surface area (Å²) in [5.41, 5.74) is 2.13. The normalized spacial score (nSPS) is 18.0. The molecule has 0 bridgehead atoms. The molecule has 3 amide bonds. The first kappa shape index (κ1) is 144. The number of ether oxygens (including phenoxy) is 2. The van der Waals surface area contributed by atoms with Crippen molar-refractivity contribution in [1.29, 1.82) is 0 Å². The maximum Gasteiger partial charge on any atom is 0.410 e. The number of nitrogens with zero attached hydrogens (tertiary/aromatic N) is 5. The van der Waals surface area contributed by atoms with Crippen molar-refractivity contribution in [3.8, 4) is 0 Å². The lowest BCUT2D eigenvalue weighted by Crippen LogP contribution is -2.43. The molecule has 1 aliphatic carbocycles. The molecule has 1 saturated carbocycles. The second-order valence-electron chi connectivity index (χ2n) is 53.2. The number of sulfonamides is 1. The number of β-amino-alcohol motifs (C(OH)–C–C–N with tert-alkyl or cyclic N) is 1. The van der Waals surface area contributed by atoms with Gasteiger partial charge in [-0.05, 0) is 227 Å². The van der Waals surface area contributed by atoms with Crippen LogP contribution in [0.1, 0.15) is 472 Å². The summed E-state index contributed by atoms with van der Waals surface area (Å²) in [7, 11) is -1.78. The molecule has 25 nitrogen and oxygen atoms in total. The average molecular weight is 1960 g/mol. The van der Waals surface area contributed by atoms with Crippen molar-refractivity contribution in [2.24, 2.45) is 92.0 Å². The van der Waals surface area contributed by atoms with E-state index in [1.807, 2.05) is 109 Å². The number of hydrogen-bond donors (Lipinski definition) is 12. The first-order valence-corrected chi connectivity index (χ1v) is 53.2. The third-order valence-electron chi connectivity index (χ3n) is 22.3. The zero-order chi connectivity index (χ0) is 108. The lowest BCUT2D eigenvalue weighted by atomic mass is 9.75. The molecular formula is C109H227N7O18S. The van der Waals surface area contributed by atoms with Crippen LogP contribution in [0.2, 0.25) is 0 Å². The number of methoxy groups -OCH3 is 1. The molecule has 3 heterocycles. The number of aliphatic imine (C=N–C) groups is 1. The number of Topliss-reactive ketones (excluding diaryl/α,β-unsaturated/α-hetero) is 1. The Bertz CT molecular complexity index is 3120. The molecule has 2 saturated heterocycles. The highest BCUT2D eigenvalue weighted by molar-refractivity contribution is 7.90. The fourth-order valence-corrected chi connectivity index (χ4v) is 15.4. The monoisotopic (exact) mass is 1950 g/mol. The smallest absolute Gasteiger partial charge is 0.410 e. The lowest BCUT2D eigenvalue weighted by Gasteiger charge is -2.39. The standard InChI is InChI=1S/C14H27NO2.C14H28O2.C13H25NO2.C10H21NO3S.C10H22O3.C9H17N3O.C8H17NO2.3C8H18O.C7H16/c1-13(2,3)11-7-9-15(10-8-11)12(16)17-14(4,5)6;1-6-14(5,11-15)10-12(16)8-7-9-13(2,3)4;1-10-8-14(9-11(10)15)12(16)6-5-7-13(2,3)4;1-10(2,3)6-8(12)7-11-15(13,14)9-4-5-9;1-5-7(11)9(13)8(12)6-10(2,3)4;1-9(2,3)5-7(13)4-8-10-6-11-12-8;1-8(2,3)5-6-9-7(10)11-4;3*1-5-7(9)6-8(2,3)4;1-5-6-7(2,3)4/h11H,7-10H2,1-6H3;15H,6-11H2,1-5H3;10-11,15H,5-9H2,1-4H3;8-9,11-12H,4-7H2,1-3H3;7-9,11-13H,5-6H2,1-4H3;7,13H,4-6H2,1-3H3;5-6H2,1-4H3,(H,9,10);3*7,9H,5-6H2,1-4H3;5-6H2,1-4H3. The molecule has 0 radical (unpaired) electrons. The van der Waals surface area contributed by atoms with Crippen LogP contribution in [0.5, 0.6) is 0 Å². The summed E-state index contributed by atoms with van der Waals surface area (Å²) in [5, 5.41) is 104. The van der Waals surface area contributed by atoms with Crippen LogP contribution in [-0.4, -0.2) is 224 Å². The Morgan fingerprint density at radius 3 is 1.16 bits per heavy atom. The van der Waals surface area contributed by atoms with Gasteiger partial charge >= 0.3 is 12.2 Å². The minimum absolute atomic E-state index is 0.0183. The van der Waals surface area contributed by atoms with Crippen LogP contribution in [0.3, 0.4) is 0 Å². The van der Waals surface area contributed by atoms with Gasteiger partial charge in [-0.15, -0.1) is 5.11 Å². The second kappa shape index (κ2) is 68.7. The molecule has 812 valence electrons. The molecule has 11 unspecified atom stereocenters. The van der Waals surface area contributed by atoms with Gasteiger partial charge in [0.1, 0.15) is 23.3 Å². The van der Waals surface area contributed by atoms with E-state index >= 15 is 0 Å². The maximum atomic E-state index is 11.9. The van der Waals surface area contributed by atoms with E-state index in [4.69, 9.17) is 4.74 Å². The summed E-state index contributed by atoms with van der Waals surface area (Å²) in [6, 6.07) is 0. The van der Waals surface area contributed by atoms with Gasteiger partial charge in [-0.25, -0.2) is 27.7 Å². The number of nitrogens with one attached hydrogen (secondary N) is 2. The summed E-state index contributed by atoms with van der Waals surface area (Å²) < 4.78 is 35.1. The van der Waals surface area contributed by atoms with E-state index in [0.29, 0.717) is 104 Å². The number of rotatable bonds is 31. The highest BCUT2D eigenvalue weighted by Gasteiger charge is 2.37. The molecule has 26 heteroatoms. The largest absolute Gasteiger partial charge is 0.453 e. The highest BCUT2D eigenvalue weighted by atomic mass is 32.2. The van der Waals surface area contributed by atoms with Gasteiger partial charge in [-0.1, -0.05) is 290 Å². The van der Waals surface area contributed by atoms with E-state index in [0.717, 1.165) is 129 Å². The summed E-state index contributed by atoms with van der Waals surface area (Å²) in [6.45, 7) is 96.9. The Morgan fingerprint density at radius 1 is 0.481 bits per heavy atom. The Labute approximate surface area is 832 Å². The van der Waals surface area contributed by atoms with E-state index in [9.17, 15) is 78.7 Å². The van der Waals surface area contributed by atoms with Crippen molar-refractivity contribution in [2.45, 2.75) is 537 Å². The van der Waals surface area contributed by atoms with Gasteiger partial charge in [0.2, 0.25) is 15.9 Å². The van der Waals surface area contributed by atoms with Crippen molar-refractivity contribution in [3.05, 3.63) is 0 Å². The van der Waals surface area contributed by atoms with Crippen LogP contribution >= 0.6 is 0 Å². The number of carbonyl (C=O) groups excluding carboxylic acids is 4. The number of piperidine rings is 1. The van der Waals surface area contributed by atoms with Gasteiger partial charge in [-0.2, -0.15) is 5.11 Å². The molecule has 3 fully saturated rings. The molecule has 3 aliphatic heterocycles. The Morgan fingerprint density at radius 2 is 0.874 bits per heavy atom. The highest BCUT2D eigenvalue weighted by Crippen LogP contribution is 2.36. The molecule has 0 aromatic heterocycles. The Hall–Kier alpha value is -3.54. The van der Waals surface area contributed by atoms with E-state index in [1.54, 1.807) is 11.8 Å². The molecular weight excluding hydrogens is 1730 g/mol. The van der Waals surface area contributed by atoms with Gasteiger partial charge in [0, 0.05) is 77.5 Å². The van der Waals surface area contributed by atoms with Crippen molar-refractivity contribution in [2.75, 3.05) is 59.7 Å². The molecule has 135 heavy (non-hydrogen) atoms. The number of aliphatic hydroxyl groups excluding tert-OH is 10. The molecule has 0 aromatic carbocycles. The third kappa shape index (κ3) is 99.0. The van der Waals surface area contributed by atoms with E-state index in [2.05, 4.69) is 224 Å². The zero-order valence-electron chi connectivity index (χ0n) is 96.4. The molecule has 4 rings (SSSR count). The number of likely N-dealkylation sites (tertiary alicyclic amines) is 2. The van der Waals surface area contributed by atoms with Gasteiger partial charge in [0.05, 0.1) is 61.2 Å². The van der Waals surface area contributed by atoms with Crippen molar-refractivity contribution in [3.63, 3.8) is 0 Å². The molecule has 12 N–H and O–H groups in total. The maximum absolute atomic E-state index is 11.9. The van der Waals surface area contributed by atoms with Crippen molar-refractivity contribution in [1.82, 2.24) is 19.8 Å². The molecule has 11 atom stereocenters. The van der Waals surface area contributed by atoms with Crippen LogP contribution < -0.4 is 10.0 Å². The zero-order valence-corrected chi connectivity index (χ0v) is 97.2. The summed E-state index contributed by atoms with van der Waals surface area (Å²) >= 11 is 0. The van der Waals surface area contributed by atoms with Crippen LogP contribution in [0.25, 0.3) is 0 Å². The van der Waals surface area contributed by atoms with E-state index in [1.165, 1.54) is 20.0 Å². The van der Waals surface area contributed by atoms with Crippen LogP contribution in [0.15, 0.2) is 15.2 Å². The fraction of sp³-hybridized carbons (Fsp3) is 0.954. The topological polar surface area (TPSA) is 391 Å². The predicted octanol–water partition coefficient (Wildman–Crippen LogP) is 24.3. The summed E-state index contributed by atoms with van der Waals surface area (Å²) in [4.78, 5) is 53.7. The first-order chi connectivity index (χ1) is 60.4. The van der Waals surface area contributed by atoms with Gasteiger partial charge in [-0.3, -0.25) is 9.59 Å². The number of hydrogen-bond acceptors (Lipinski definition) is 21. The number of alkyl carbamates (subject to hydrolysis) is 1. The summed E-state index contributed by atoms with van der Waals surface area (Å²) in [6.07, 6.45) is 17.4. The molecule has 4 aliphatic rings. The molecule has 0 aromatic rings. The predicted molar refractivity (Wildman–Crippen MR) is 568 cm³/mol. The average Bonchev–Trinajstić information content (AvgIpc) is 1.75. The fourth-order valence-electron chi connectivity index (χ4n) is 14.0. The molecule has 0 spiro atoms. The second-order valence-corrected chi connectivity index (χ2v) is 55.3. The van der Waals surface area contributed by atoms with E-state index < -0.39 is 40.0 Å². The van der Waals surface area contributed by atoms with Gasteiger partial charge in [0.25, 0.3) is 0 Å². The number of azo groups is 1. The number of carbonyl (C=O) groups is 4. The number of amidine groups is 1. The van der Waals surface area contributed by atoms with Crippen LogP contribution in [0, 0.1) is 76.8 Å². The lowest BCUT2D eigenvalue weighted by molar-refractivity contribution is -0.130. The minimum atomic E-state index is -3.15. The number of ketones is 1. The number of amides is 3. The van der Waals surface area contributed by atoms with E-state index in [-0.39, 0.29) is 116 Å². The van der Waals surface area contributed by atoms with Crippen LogP contribution in [-0.2, 0) is 29.1 Å². The number of aliphatic hydroxyl groups is 10.